The van der Waals surface area contributed by atoms with Crippen LogP contribution in [0.5, 0.6) is 0 Å². The Kier molecular flexibility index (Phi) is 7.11. The third kappa shape index (κ3) is 5.28. The molecule has 0 fully saturated rings. The Labute approximate surface area is 171 Å². The number of aryl methyl sites for hydroxylation is 2. The summed E-state index contributed by atoms with van der Waals surface area (Å²) in [7, 11) is 0. The van der Waals surface area contributed by atoms with Crippen LogP contribution < -0.4 is 0 Å². The minimum Gasteiger partial charge on any atom is -0.478 e. The van der Waals surface area contributed by atoms with Gasteiger partial charge in [-0.05, 0) is 30.5 Å². The second kappa shape index (κ2) is 9.96. The van der Waals surface area contributed by atoms with Crippen LogP contribution in [0.4, 0.5) is 0 Å². The fraction of sp³-hybridized carbons (Fsp3) is 0.391. The first kappa shape index (κ1) is 20.7. The van der Waals surface area contributed by atoms with E-state index < -0.39 is 5.97 Å². The van der Waals surface area contributed by atoms with Gasteiger partial charge < -0.3 is 5.11 Å². The molecule has 0 bridgehead atoms. The second-order valence-electron chi connectivity index (χ2n) is 7.21. The van der Waals surface area contributed by atoms with Crippen LogP contribution in [0.15, 0.2) is 42.6 Å². The molecule has 0 unspecified atom stereocenters. The lowest BCUT2D eigenvalue weighted by molar-refractivity contribution is 0.0697. The summed E-state index contributed by atoms with van der Waals surface area (Å²) < 4.78 is 2.01. The number of hydrogen-bond acceptors (Lipinski definition) is 4. The van der Waals surface area contributed by atoms with Crippen molar-refractivity contribution in [1.82, 2.24) is 19.7 Å². The van der Waals surface area contributed by atoms with Crippen LogP contribution in [0.3, 0.4) is 0 Å². The van der Waals surface area contributed by atoms with Crippen molar-refractivity contribution in [3.05, 3.63) is 65.4 Å². The lowest BCUT2D eigenvalue weighted by atomic mass is 10.0. The first-order chi connectivity index (χ1) is 14.1. The number of unbranched alkanes of at least 4 members (excludes halogenated alkanes) is 2. The number of benzene rings is 1. The van der Waals surface area contributed by atoms with E-state index >= 15 is 0 Å². The Bertz CT molecular complexity index is 948. The Morgan fingerprint density at radius 3 is 2.45 bits per heavy atom. The number of aromatic nitrogens is 4. The highest BCUT2D eigenvalue weighted by Crippen LogP contribution is 2.22. The molecule has 6 heteroatoms. The maximum Gasteiger partial charge on any atom is 0.337 e. The molecular formula is C23H28N4O2. The van der Waals surface area contributed by atoms with Gasteiger partial charge in [0.25, 0.3) is 0 Å². The molecule has 2 heterocycles. The minimum absolute atomic E-state index is 0.207. The molecule has 29 heavy (non-hydrogen) atoms. The first-order valence-corrected chi connectivity index (χ1v) is 10.3. The topological polar surface area (TPSA) is 80.9 Å². The van der Waals surface area contributed by atoms with E-state index in [4.69, 9.17) is 10.1 Å². The van der Waals surface area contributed by atoms with Gasteiger partial charge in [-0.25, -0.2) is 14.5 Å². The van der Waals surface area contributed by atoms with Gasteiger partial charge in [0.15, 0.2) is 5.82 Å². The molecule has 152 valence electrons. The third-order valence-corrected chi connectivity index (χ3v) is 4.90. The van der Waals surface area contributed by atoms with Crippen LogP contribution in [0.2, 0.25) is 0 Å². The van der Waals surface area contributed by atoms with Crippen molar-refractivity contribution < 1.29 is 9.90 Å². The van der Waals surface area contributed by atoms with Crippen molar-refractivity contribution in [1.29, 1.82) is 0 Å². The zero-order chi connectivity index (χ0) is 20.6. The molecule has 1 N–H and O–H groups in total. The summed E-state index contributed by atoms with van der Waals surface area (Å²) in [5, 5.41) is 14.1. The van der Waals surface area contributed by atoms with E-state index in [0.29, 0.717) is 12.2 Å². The van der Waals surface area contributed by atoms with Crippen molar-refractivity contribution >= 4 is 5.97 Å². The van der Waals surface area contributed by atoms with Crippen LogP contribution in [0.25, 0.3) is 11.3 Å². The Balaban J connectivity index is 1.81. The number of nitrogens with zero attached hydrogens (tertiary/aromatic N) is 4. The fourth-order valence-corrected chi connectivity index (χ4v) is 3.26. The molecular weight excluding hydrogens is 364 g/mol. The van der Waals surface area contributed by atoms with Crippen LogP contribution in [0.1, 0.15) is 67.1 Å². The largest absolute Gasteiger partial charge is 0.478 e. The Hall–Kier alpha value is -3.02. The number of carbonyl (C=O) groups is 1. The molecule has 3 aromatic rings. The van der Waals surface area contributed by atoms with E-state index in [1.165, 1.54) is 0 Å². The van der Waals surface area contributed by atoms with Gasteiger partial charge in [0, 0.05) is 24.6 Å². The highest BCUT2D eigenvalue weighted by Gasteiger charge is 2.13. The van der Waals surface area contributed by atoms with Crippen LogP contribution >= 0.6 is 0 Å². The standard InChI is InChI=1S/C23H28N4O2/c1-3-5-9-20-25-21(10-6-4-2)27(26-20)16-17-11-13-18(14-12-17)22-19(23(28)29)8-7-15-24-22/h7-8,11-15H,3-6,9-10,16H2,1-2H3,(H,28,29). The zero-order valence-electron chi connectivity index (χ0n) is 17.1. The molecule has 0 aliphatic rings. The van der Waals surface area contributed by atoms with Crippen molar-refractivity contribution in [2.75, 3.05) is 0 Å². The Morgan fingerprint density at radius 2 is 1.76 bits per heavy atom. The molecule has 1 aromatic carbocycles. The molecule has 0 atom stereocenters. The first-order valence-electron chi connectivity index (χ1n) is 10.3. The molecule has 0 saturated heterocycles. The normalized spacial score (nSPS) is 11.0. The minimum atomic E-state index is -0.972. The van der Waals surface area contributed by atoms with Gasteiger partial charge in [-0.2, -0.15) is 5.10 Å². The number of hydrogen-bond donors (Lipinski definition) is 1. The molecule has 6 nitrogen and oxygen atoms in total. The van der Waals surface area contributed by atoms with E-state index in [1.807, 2.05) is 28.9 Å². The average molecular weight is 393 g/mol. The van der Waals surface area contributed by atoms with Crippen molar-refractivity contribution in [2.24, 2.45) is 0 Å². The summed E-state index contributed by atoms with van der Waals surface area (Å²) in [6, 6.07) is 11.1. The molecule has 0 spiro atoms. The molecule has 0 saturated carbocycles. The number of rotatable bonds is 10. The molecule has 0 amide bonds. The van der Waals surface area contributed by atoms with E-state index in [2.05, 4.69) is 18.8 Å². The van der Waals surface area contributed by atoms with Crippen molar-refractivity contribution in [2.45, 2.75) is 58.9 Å². The summed E-state index contributed by atoms with van der Waals surface area (Å²) in [4.78, 5) is 20.5. The summed E-state index contributed by atoms with van der Waals surface area (Å²) in [5.74, 6) is 0.994. The van der Waals surface area contributed by atoms with Gasteiger partial charge in [-0.1, -0.05) is 51.0 Å². The summed E-state index contributed by atoms with van der Waals surface area (Å²) in [6.07, 6.45) is 7.92. The molecule has 0 radical (unpaired) electrons. The monoisotopic (exact) mass is 392 g/mol. The molecule has 0 aliphatic carbocycles. The van der Waals surface area contributed by atoms with E-state index in [0.717, 1.165) is 61.3 Å². The smallest absolute Gasteiger partial charge is 0.337 e. The zero-order valence-corrected chi connectivity index (χ0v) is 17.1. The lowest BCUT2D eigenvalue weighted by Gasteiger charge is -2.08. The van der Waals surface area contributed by atoms with Gasteiger partial charge in [-0.15, -0.1) is 0 Å². The van der Waals surface area contributed by atoms with Gasteiger partial charge in [0.05, 0.1) is 17.8 Å². The number of carboxylic acid groups (broad SMARTS) is 1. The van der Waals surface area contributed by atoms with Gasteiger partial charge in [0.2, 0.25) is 0 Å². The lowest BCUT2D eigenvalue weighted by Crippen LogP contribution is -2.07. The Morgan fingerprint density at radius 1 is 1.03 bits per heavy atom. The maximum atomic E-state index is 11.4. The molecule has 0 aliphatic heterocycles. The number of aromatic carboxylic acids is 1. The van der Waals surface area contributed by atoms with E-state index in [9.17, 15) is 9.90 Å². The second-order valence-corrected chi connectivity index (χ2v) is 7.21. The average Bonchev–Trinajstić information content (AvgIpc) is 3.12. The summed E-state index contributed by atoms with van der Waals surface area (Å²) in [5.41, 5.74) is 2.59. The van der Waals surface area contributed by atoms with Crippen LogP contribution in [-0.4, -0.2) is 30.8 Å². The molecule has 3 rings (SSSR count). The highest BCUT2D eigenvalue weighted by atomic mass is 16.4. The van der Waals surface area contributed by atoms with Crippen LogP contribution in [-0.2, 0) is 19.4 Å². The van der Waals surface area contributed by atoms with Gasteiger partial charge in [0.1, 0.15) is 5.82 Å². The SMILES string of the molecule is CCCCc1nc(CCCC)n(Cc2ccc(-c3ncccc3C(=O)O)cc2)n1. The summed E-state index contributed by atoms with van der Waals surface area (Å²) >= 11 is 0. The van der Waals surface area contributed by atoms with Crippen molar-refractivity contribution in [3.63, 3.8) is 0 Å². The fourth-order valence-electron chi connectivity index (χ4n) is 3.26. The van der Waals surface area contributed by atoms with Crippen LogP contribution in [0, 0.1) is 0 Å². The maximum absolute atomic E-state index is 11.4. The predicted octanol–water partition coefficient (Wildman–Crippen LogP) is 4.77. The highest BCUT2D eigenvalue weighted by molar-refractivity contribution is 5.94. The predicted molar refractivity (Wildman–Crippen MR) is 113 cm³/mol. The molecule has 2 aromatic heterocycles. The number of pyridine rings is 1. The summed E-state index contributed by atoms with van der Waals surface area (Å²) in [6.45, 7) is 5.01. The van der Waals surface area contributed by atoms with E-state index in [1.54, 1.807) is 18.3 Å². The van der Waals surface area contributed by atoms with Gasteiger partial charge >= 0.3 is 5.97 Å². The van der Waals surface area contributed by atoms with E-state index in [-0.39, 0.29) is 5.56 Å². The van der Waals surface area contributed by atoms with Crippen molar-refractivity contribution in [3.8, 4) is 11.3 Å². The quantitative estimate of drug-likeness (QED) is 0.537. The third-order valence-electron chi connectivity index (χ3n) is 4.90. The van der Waals surface area contributed by atoms with Gasteiger partial charge in [-0.3, -0.25) is 4.98 Å². The number of carboxylic acids is 1.